The monoisotopic (exact) mass is 260 g/mol. The van der Waals surface area contributed by atoms with Gasteiger partial charge in [0.2, 0.25) is 0 Å². The van der Waals surface area contributed by atoms with Gasteiger partial charge in [0.1, 0.15) is 0 Å². The Kier molecular flexibility index (Phi) is 2.18. The van der Waals surface area contributed by atoms with Crippen molar-refractivity contribution in [1.29, 1.82) is 0 Å². The molecule has 1 fully saturated rings. The van der Waals surface area contributed by atoms with Crippen molar-refractivity contribution >= 4 is 15.9 Å². The van der Waals surface area contributed by atoms with Gasteiger partial charge in [-0.25, -0.2) is 8.78 Å². The van der Waals surface area contributed by atoms with Crippen LogP contribution in [0.2, 0.25) is 0 Å². The van der Waals surface area contributed by atoms with E-state index in [1.807, 2.05) is 12.1 Å². The Balaban J connectivity index is 2.36. The first-order valence-electron chi connectivity index (χ1n) is 4.60. The molecule has 0 aromatic heterocycles. The summed E-state index contributed by atoms with van der Waals surface area (Å²) in [5.74, 6) is -2.61. The van der Waals surface area contributed by atoms with Crippen molar-refractivity contribution in [3.8, 4) is 0 Å². The molecule has 0 heterocycles. The third-order valence-corrected chi connectivity index (χ3v) is 3.52. The topological polar surface area (TPSA) is 0 Å². The number of alkyl halides is 2. The maximum Gasteiger partial charge on any atom is 0.254 e. The molecule has 0 amide bonds. The number of hydrogen-bond donors (Lipinski definition) is 0. The van der Waals surface area contributed by atoms with Crippen LogP contribution in [0.4, 0.5) is 8.78 Å². The zero-order valence-electron chi connectivity index (χ0n) is 7.86. The lowest BCUT2D eigenvalue weighted by Crippen LogP contribution is -2.29. The van der Waals surface area contributed by atoms with Gasteiger partial charge in [-0.15, -0.1) is 0 Å². The van der Waals surface area contributed by atoms with Gasteiger partial charge in [0, 0.05) is 11.4 Å². The Morgan fingerprint density at radius 2 is 1.71 bits per heavy atom. The summed E-state index contributed by atoms with van der Waals surface area (Å²) in [6.07, 6.45) is 1.19. The van der Waals surface area contributed by atoms with Crippen LogP contribution in [0.15, 0.2) is 28.7 Å². The fourth-order valence-electron chi connectivity index (χ4n) is 1.88. The summed E-state index contributed by atoms with van der Waals surface area (Å²) in [5.41, 5.74) is -0.124. The Labute approximate surface area is 90.4 Å². The van der Waals surface area contributed by atoms with E-state index in [4.69, 9.17) is 0 Å². The van der Waals surface area contributed by atoms with Gasteiger partial charge in [-0.2, -0.15) is 0 Å². The molecule has 0 spiro atoms. The van der Waals surface area contributed by atoms with Crippen molar-refractivity contribution in [2.45, 2.75) is 31.1 Å². The molecule has 0 unspecified atom stereocenters. The van der Waals surface area contributed by atoms with Crippen LogP contribution in [-0.2, 0) is 5.41 Å². The second-order valence-corrected chi connectivity index (χ2v) is 4.89. The fourth-order valence-corrected chi connectivity index (χ4v) is 2.14. The van der Waals surface area contributed by atoms with E-state index in [0.29, 0.717) is 12.8 Å². The lowest BCUT2D eigenvalue weighted by molar-refractivity contribution is -0.0200. The Hall–Kier alpha value is -0.440. The van der Waals surface area contributed by atoms with E-state index in [9.17, 15) is 8.78 Å². The molecule has 2 rings (SSSR count). The molecule has 1 aromatic rings. The van der Waals surface area contributed by atoms with Crippen LogP contribution >= 0.6 is 15.9 Å². The molecule has 0 radical (unpaired) electrons. The van der Waals surface area contributed by atoms with Crippen LogP contribution in [0.1, 0.15) is 25.3 Å². The predicted octanol–water partition coefficient (Wildman–Crippen LogP) is 4.14. The second-order valence-electron chi connectivity index (χ2n) is 3.98. The van der Waals surface area contributed by atoms with Crippen molar-refractivity contribution in [2.24, 2.45) is 0 Å². The highest BCUT2D eigenvalue weighted by atomic mass is 79.9. The van der Waals surface area contributed by atoms with Gasteiger partial charge in [0.05, 0.1) is 5.41 Å². The molecule has 0 nitrogen and oxygen atoms in total. The van der Waals surface area contributed by atoms with E-state index in [1.54, 1.807) is 12.1 Å². The van der Waals surface area contributed by atoms with E-state index in [1.165, 1.54) is 0 Å². The Bertz CT molecular complexity index is 333. The molecule has 0 atom stereocenters. The third kappa shape index (κ3) is 1.48. The number of halogens is 3. The lowest BCUT2D eigenvalue weighted by atomic mass is 9.90. The van der Waals surface area contributed by atoms with Gasteiger partial charge in [-0.1, -0.05) is 28.1 Å². The quantitative estimate of drug-likeness (QED) is 0.750. The summed E-state index contributed by atoms with van der Waals surface area (Å²) in [6.45, 7) is 1.02. The highest BCUT2D eigenvalue weighted by molar-refractivity contribution is 9.10. The summed E-state index contributed by atoms with van der Waals surface area (Å²) in [4.78, 5) is 0. The summed E-state index contributed by atoms with van der Waals surface area (Å²) >= 11 is 3.30. The number of rotatable bonds is 2. The van der Waals surface area contributed by atoms with Crippen molar-refractivity contribution < 1.29 is 8.78 Å². The molecule has 0 N–H and O–H groups in total. The van der Waals surface area contributed by atoms with Crippen molar-refractivity contribution in [3.63, 3.8) is 0 Å². The average Bonchev–Trinajstić information content (AvgIpc) is 2.84. The first-order chi connectivity index (χ1) is 6.46. The Morgan fingerprint density at radius 3 is 2.07 bits per heavy atom. The van der Waals surface area contributed by atoms with Gasteiger partial charge in [-0.3, -0.25) is 0 Å². The zero-order valence-corrected chi connectivity index (χ0v) is 9.44. The fraction of sp³-hybridized carbons (Fsp3) is 0.455. The molecular weight excluding hydrogens is 250 g/mol. The van der Waals surface area contributed by atoms with Crippen LogP contribution in [0.25, 0.3) is 0 Å². The lowest BCUT2D eigenvalue weighted by Gasteiger charge is -2.23. The number of benzene rings is 1. The van der Waals surface area contributed by atoms with Gasteiger partial charge in [0.25, 0.3) is 5.92 Å². The Morgan fingerprint density at radius 1 is 1.21 bits per heavy atom. The van der Waals surface area contributed by atoms with E-state index in [0.717, 1.165) is 17.0 Å². The zero-order chi connectivity index (χ0) is 10.4. The van der Waals surface area contributed by atoms with Crippen LogP contribution in [0, 0.1) is 0 Å². The predicted molar refractivity (Wildman–Crippen MR) is 55.7 cm³/mol. The van der Waals surface area contributed by atoms with Crippen LogP contribution in [-0.4, -0.2) is 5.92 Å². The number of hydrogen-bond acceptors (Lipinski definition) is 0. The van der Waals surface area contributed by atoms with Crippen LogP contribution < -0.4 is 0 Å². The average molecular weight is 261 g/mol. The largest absolute Gasteiger partial charge is 0.254 e. The van der Waals surface area contributed by atoms with Gasteiger partial charge in [0.15, 0.2) is 0 Å². The molecule has 1 saturated carbocycles. The normalized spacial score (nSPS) is 19.4. The standard InChI is InChI=1S/C11H11BrF2/c1-10(13,14)11(6-7-11)8-2-4-9(12)5-3-8/h2-5H,6-7H2,1H3. The van der Waals surface area contributed by atoms with Crippen molar-refractivity contribution in [3.05, 3.63) is 34.3 Å². The van der Waals surface area contributed by atoms with Crippen molar-refractivity contribution in [2.75, 3.05) is 0 Å². The molecule has 0 saturated heterocycles. The second kappa shape index (κ2) is 3.02. The molecule has 76 valence electrons. The molecule has 0 bridgehead atoms. The van der Waals surface area contributed by atoms with E-state index >= 15 is 0 Å². The van der Waals surface area contributed by atoms with E-state index < -0.39 is 11.3 Å². The molecule has 3 heteroatoms. The molecule has 0 aliphatic heterocycles. The molecular formula is C11H11BrF2. The highest BCUT2D eigenvalue weighted by Gasteiger charge is 2.59. The maximum absolute atomic E-state index is 13.3. The first-order valence-corrected chi connectivity index (χ1v) is 5.39. The summed E-state index contributed by atoms with van der Waals surface area (Å²) in [5, 5.41) is 0. The van der Waals surface area contributed by atoms with Crippen LogP contribution in [0.5, 0.6) is 0 Å². The van der Waals surface area contributed by atoms with Gasteiger partial charge < -0.3 is 0 Å². The summed E-state index contributed by atoms with van der Waals surface area (Å²) in [6, 6.07) is 7.21. The maximum atomic E-state index is 13.3. The molecule has 1 aromatic carbocycles. The van der Waals surface area contributed by atoms with E-state index in [-0.39, 0.29) is 0 Å². The van der Waals surface area contributed by atoms with Gasteiger partial charge in [-0.05, 0) is 30.5 Å². The van der Waals surface area contributed by atoms with Gasteiger partial charge >= 0.3 is 0 Å². The van der Waals surface area contributed by atoms with Crippen molar-refractivity contribution in [1.82, 2.24) is 0 Å². The first kappa shape index (κ1) is 10.1. The summed E-state index contributed by atoms with van der Waals surface area (Å²) in [7, 11) is 0. The molecule has 1 aliphatic rings. The SMILES string of the molecule is CC(F)(F)C1(c2ccc(Br)cc2)CC1. The third-order valence-electron chi connectivity index (χ3n) is 2.99. The highest BCUT2D eigenvalue weighted by Crippen LogP contribution is 2.58. The molecule has 14 heavy (non-hydrogen) atoms. The minimum Gasteiger partial charge on any atom is -0.206 e. The summed E-state index contributed by atoms with van der Waals surface area (Å²) < 4.78 is 27.6. The molecule has 1 aliphatic carbocycles. The minimum atomic E-state index is -2.61. The minimum absolute atomic E-state index is 0.595. The van der Waals surface area contributed by atoms with Crippen LogP contribution in [0.3, 0.4) is 0 Å². The van der Waals surface area contributed by atoms with E-state index in [2.05, 4.69) is 15.9 Å². The smallest absolute Gasteiger partial charge is 0.206 e.